The number of aromatic nitrogens is 5. The summed E-state index contributed by atoms with van der Waals surface area (Å²) < 4.78 is 92.9. The molecule has 0 unspecified atom stereocenters. The molecule has 11 rings (SSSR count). The van der Waals surface area contributed by atoms with Gasteiger partial charge in [0.25, 0.3) is 5.91 Å². The number of rotatable bonds is 22. The number of carbonyl (C=O) groups excluding carboxylic acids is 3. The number of aliphatic hydroxyl groups excluding tert-OH is 1. The lowest BCUT2D eigenvalue weighted by Gasteiger charge is -2.35. The first-order valence-corrected chi connectivity index (χ1v) is 33.2. The van der Waals surface area contributed by atoms with Crippen molar-refractivity contribution < 1.29 is 60.0 Å². The van der Waals surface area contributed by atoms with Crippen molar-refractivity contribution in [2.45, 2.75) is 127 Å². The topological polar surface area (TPSA) is 274 Å². The van der Waals surface area contributed by atoms with Gasteiger partial charge >= 0.3 is 12.3 Å². The Bertz CT molecular complexity index is 3750. The number of sulfone groups is 1. The minimum absolute atomic E-state index is 0.00836. The fraction of sp³-hybridized carbons (Fsp3) is 0.484. The van der Waals surface area contributed by atoms with Crippen molar-refractivity contribution in [2.24, 2.45) is 17.3 Å². The molecule has 5 aliphatic rings. The number of pyridine rings is 1. The van der Waals surface area contributed by atoms with E-state index >= 15 is 0 Å². The average Bonchev–Trinajstić information content (AvgIpc) is 1.71. The maximum Gasteiger partial charge on any atom is 0.586 e. The molecule has 22 nitrogen and oxygen atoms in total. The third kappa shape index (κ3) is 14.9. The zero-order valence-electron chi connectivity index (χ0n) is 50.4. The molecule has 6 heterocycles. The van der Waals surface area contributed by atoms with Crippen molar-refractivity contribution in [3.8, 4) is 33.7 Å². The largest absolute Gasteiger partial charge is 0.586 e. The Morgan fingerprint density at radius 3 is 2.41 bits per heavy atom. The molecule has 0 spiro atoms. The number of nitrogens with one attached hydrogen (secondary N) is 5. The number of halogens is 4. The second-order valence-electron chi connectivity index (χ2n) is 24.6. The van der Waals surface area contributed by atoms with Crippen molar-refractivity contribution in [3.05, 3.63) is 106 Å². The number of ether oxygens (including phenoxy) is 4. The SMILES string of the molecule is Cc1ncsc1-c1ccc(CNC(=O)[C@@H]2C[C@@H](O)CN2C(=O)[C@@H](NC(=O)C2(F)CC2)C(C)(C)C)c(OCCC2CCC(COc3nc(Nc4cc(S(C)(=O)=O)ccc4N[C@@H](c4cccc5c4OC(F)(F)O5)c4ncccc4Cl)nc(N4CCNCC4)n3)CC2)c1. The van der Waals surface area contributed by atoms with Crippen molar-refractivity contribution in [1.29, 1.82) is 0 Å². The fourth-order valence-corrected chi connectivity index (χ4v) is 13.3. The Labute approximate surface area is 528 Å². The van der Waals surface area contributed by atoms with Crippen LogP contribution in [0.3, 0.4) is 0 Å². The second kappa shape index (κ2) is 26.3. The summed E-state index contributed by atoms with van der Waals surface area (Å²) in [5.41, 5.74) is 2.38. The van der Waals surface area contributed by atoms with Gasteiger partial charge in [-0.05, 0) is 117 Å². The molecular formula is C62H72ClF3N12O10S2. The molecular weight excluding hydrogens is 1230 g/mol. The molecule has 4 fully saturated rings. The number of hydrogen-bond donors (Lipinski definition) is 6. The standard InChI is InChI=1S/C62H72ClF3N12O10S2/c1-35-52(89-34-70-35)38-15-16-39(31-69-54(80)46-29-40(79)32-78(46)55(81)53(60(2,3)4)73-56(82)61(64)20-21-61)48(28-38)85-27-19-36-11-13-37(14-12-36)33-86-59-75-57(74-58(76-59)77-25-23-67-24-26-77)72-45-30-41(90(5,83)84)17-18-44(45)71-49(50-43(63)9-7-22-68-50)42-8-6-10-47-51(42)88-62(65,66)87-47/h6-10,15-18,22,28,30,34,36-37,40,46,49,53,67,71,79H,11-14,19-21,23-27,29,31-33H2,1-5H3,(H,69,80)(H,73,82)(H,72,74,75,76)/t36?,37?,40-,46+,49+,53-/m1/s1. The molecule has 4 atom stereocenters. The predicted octanol–water partition coefficient (Wildman–Crippen LogP) is 8.70. The first-order chi connectivity index (χ1) is 42.9. The second-order valence-corrected chi connectivity index (χ2v) is 27.9. The number of benzene rings is 3. The Hall–Kier alpha value is -7.59. The van der Waals surface area contributed by atoms with E-state index < -0.39 is 69.2 Å². The summed E-state index contributed by atoms with van der Waals surface area (Å²) >= 11 is 8.24. The lowest BCUT2D eigenvalue weighted by atomic mass is 9.81. The number of piperazine rings is 1. The lowest BCUT2D eigenvalue weighted by molar-refractivity contribution is -0.287. The minimum Gasteiger partial charge on any atom is -0.493 e. The zero-order chi connectivity index (χ0) is 63.7. The number of amides is 3. The summed E-state index contributed by atoms with van der Waals surface area (Å²) in [5, 5.41) is 26.5. The molecule has 3 amide bonds. The van der Waals surface area contributed by atoms with Gasteiger partial charge in [0.2, 0.25) is 23.7 Å². The summed E-state index contributed by atoms with van der Waals surface area (Å²) in [6.45, 7) is 10.4. The highest BCUT2D eigenvalue weighted by Crippen LogP contribution is 2.48. The number of fused-ring (bicyclic) bond motifs is 1. The van der Waals surface area contributed by atoms with Gasteiger partial charge in [-0.25, -0.2) is 17.8 Å². The fourth-order valence-electron chi connectivity index (χ4n) is 11.6. The summed E-state index contributed by atoms with van der Waals surface area (Å²) in [5.74, 6) is -0.879. The Morgan fingerprint density at radius 2 is 1.70 bits per heavy atom. The molecule has 3 aromatic heterocycles. The molecule has 2 aliphatic carbocycles. The Morgan fingerprint density at radius 1 is 0.933 bits per heavy atom. The van der Waals surface area contributed by atoms with Gasteiger partial charge in [-0.1, -0.05) is 56.6 Å². The first-order valence-electron chi connectivity index (χ1n) is 30.0. The van der Waals surface area contributed by atoms with Gasteiger partial charge < -0.3 is 60.4 Å². The summed E-state index contributed by atoms with van der Waals surface area (Å²) in [7, 11) is -3.77. The van der Waals surface area contributed by atoms with E-state index in [0.29, 0.717) is 68.3 Å². The summed E-state index contributed by atoms with van der Waals surface area (Å²) in [6, 6.07) is 14.7. The Balaban J connectivity index is 0.751. The maximum absolute atomic E-state index is 14.8. The third-order valence-corrected chi connectivity index (χ3v) is 19.3. The van der Waals surface area contributed by atoms with Gasteiger partial charge in [-0.3, -0.25) is 19.4 Å². The number of para-hydroxylation sites is 1. The van der Waals surface area contributed by atoms with Crippen LogP contribution in [-0.4, -0.2) is 143 Å². The van der Waals surface area contributed by atoms with Crippen molar-refractivity contribution in [2.75, 3.05) is 67.7 Å². The van der Waals surface area contributed by atoms with Crippen LogP contribution in [0, 0.1) is 24.2 Å². The Kier molecular flexibility index (Phi) is 18.7. The minimum atomic E-state index is -3.94. The first kappa shape index (κ1) is 64.0. The molecule has 3 aliphatic heterocycles. The number of carbonyl (C=O) groups is 3. The number of hydrogen-bond acceptors (Lipinski definition) is 20. The molecule has 480 valence electrons. The molecule has 2 saturated carbocycles. The van der Waals surface area contributed by atoms with Gasteiger partial charge in [0.15, 0.2) is 27.0 Å². The number of aryl methyl sites for hydroxylation is 1. The van der Waals surface area contributed by atoms with E-state index in [9.17, 15) is 41.1 Å². The lowest BCUT2D eigenvalue weighted by Crippen LogP contribution is -2.59. The predicted molar refractivity (Wildman–Crippen MR) is 331 cm³/mol. The molecule has 6 N–H and O–H groups in total. The van der Waals surface area contributed by atoms with Crippen molar-refractivity contribution >= 4 is 73.8 Å². The van der Waals surface area contributed by atoms with E-state index in [-0.39, 0.29) is 88.6 Å². The number of alkyl halides is 3. The highest BCUT2D eigenvalue weighted by Gasteiger charge is 2.53. The van der Waals surface area contributed by atoms with E-state index in [1.54, 1.807) is 44.5 Å². The van der Waals surface area contributed by atoms with Crippen LogP contribution in [-0.2, 0) is 30.8 Å². The molecule has 6 aromatic rings. The molecule has 90 heavy (non-hydrogen) atoms. The van der Waals surface area contributed by atoms with Crippen LogP contribution in [0.2, 0.25) is 5.02 Å². The zero-order valence-corrected chi connectivity index (χ0v) is 52.8. The average molecular weight is 1300 g/mol. The van der Waals surface area contributed by atoms with E-state index in [1.165, 1.54) is 52.8 Å². The van der Waals surface area contributed by atoms with Gasteiger partial charge in [-0.2, -0.15) is 15.0 Å². The van der Waals surface area contributed by atoms with Gasteiger partial charge in [-0.15, -0.1) is 20.1 Å². The van der Waals surface area contributed by atoms with E-state index in [4.69, 9.17) is 45.5 Å². The number of β-amino-alcohol motifs (C(OH)–C–C–N with tert-alkyl or cyclic N) is 1. The van der Waals surface area contributed by atoms with Gasteiger partial charge in [0.05, 0.1) is 68.4 Å². The number of nitrogens with zero attached hydrogens (tertiary/aromatic N) is 7. The van der Waals surface area contributed by atoms with E-state index in [0.717, 1.165) is 54.5 Å². The molecule has 0 bridgehead atoms. The van der Waals surface area contributed by atoms with E-state index in [1.807, 2.05) is 30.0 Å². The van der Waals surface area contributed by atoms with E-state index in [2.05, 4.69) is 36.6 Å². The number of anilines is 4. The van der Waals surface area contributed by atoms with Crippen molar-refractivity contribution in [1.82, 2.24) is 45.8 Å². The van der Waals surface area contributed by atoms with Crippen LogP contribution in [0.15, 0.2) is 83.3 Å². The van der Waals surface area contributed by atoms with Crippen LogP contribution < -0.4 is 50.4 Å². The quantitative estimate of drug-likeness (QED) is 0.0371. The van der Waals surface area contributed by atoms with Crippen LogP contribution in [0.1, 0.15) is 101 Å². The highest BCUT2D eigenvalue weighted by molar-refractivity contribution is 7.90. The van der Waals surface area contributed by atoms with Gasteiger partial charge in [0.1, 0.15) is 17.8 Å². The molecule has 0 radical (unpaired) electrons. The molecule has 3 aromatic carbocycles. The number of likely N-dealkylation sites (tertiary alicyclic amines) is 1. The van der Waals surface area contributed by atoms with Crippen LogP contribution in [0.25, 0.3) is 10.4 Å². The maximum atomic E-state index is 14.8. The molecule has 28 heteroatoms. The number of aliphatic hydroxyl groups is 1. The highest BCUT2D eigenvalue weighted by atomic mass is 35.5. The third-order valence-electron chi connectivity index (χ3n) is 16.9. The smallest absolute Gasteiger partial charge is 0.493 e. The molecule has 2 saturated heterocycles. The van der Waals surface area contributed by atoms with Crippen LogP contribution in [0.4, 0.5) is 36.4 Å². The van der Waals surface area contributed by atoms with Crippen molar-refractivity contribution in [3.63, 3.8) is 0 Å². The normalized spacial score (nSPS) is 20.8. The summed E-state index contributed by atoms with van der Waals surface area (Å²) in [4.78, 5) is 68.3. The summed E-state index contributed by atoms with van der Waals surface area (Å²) in [6.07, 6.45) is 2.08. The van der Waals surface area contributed by atoms with Crippen LogP contribution >= 0.6 is 22.9 Å². The number of thiazole rings is 1. The monoisotopic (exact) mass is 1300 g/mol. The van der Waals surface area contributed by atoms with Gasteiger partial charge in [0, 0.05) is 69.3 Å². The van der Waals surface area contributed by atoms with Crippen LogP contribution in [0.5, 0.6) is 23.3 Å².